The highest BCUT2D eigenvalue weighted by atomic mass is 16.5. The van der Waals surface area contributed by atoms with Gasteiger partial charge in [-0.25, -0.2) is 4.79 Å². The third-order valence-corrected chi connectivity index (χ3v) is 2.67. The fourth-order valence-corrected chi connectivity index (χ4v) is 1.59. The Morgan fingerprint density at radius 1 is 1.67 bits per heavy atom. The summed E-state index contributed by atoms with van der Waals surface area (Å²) in [4.78, 5) is 12.9. The molecule has 5 nitrogen and oxygen atoms in total. The Morgan fingerprint density at radius 2 is 2.47 bits per heavy atom. The number of hydrogen-bond donors (Lipinski definition) is 0. The summed E-state index contributed by atoms with van der Waals surface area (Å²) in [6, 6.07) is 0. The van der Waals surface area contributed by atoms with E-state index < -0.39 is 5.97 Å². The second kappa shape index (κ2) is 4.42. The zero-order chi connectivity index (χ0) is 10.7. The molecule has 0 radical (unpaired) electrons. The molecule has 0 bridgehead atoms. The molecule has 0 aliphatic heterocycles. The van der Waals surface area contributed by atoms with Gasteiger partial charge in [0.05, 0.1) is 19.3 Å². The highest BCUT2D eigenvalue weighted by Gasteiger charge is 2.19. The summed E-state index contributed by atoms with van der Waals surface area (Å²) >= 11 is 0. The van der Waals surface area contributed by atoms with Crippen LogP contribution in [0.15, 0.2) is 6.20 Å². The van der Waals surface area contributed by atoms with Crippen molar-refractivity contribution in [3.63, 3.8) is 0 Å². The van der Waals surface area contributed by atoms with Crippen LogP contribution in [0.4, 0.5) is 0 Å². The van der Waals surface area contributed by atoms with Crippen molar-refractivity contribution in [2.75, 3.05) is 6.61 Å². The van der Waals surface area contributed by atoms with Crippen molar-refractivity contribution < 1.29 is 9.53 Å². The van der Waals surface area contributed by atoms with E-state index in [9.17, 15) is 4.79 Å². The van der Waals surface area contributed by atoms with Gasteiger partial charge < -0.3 is 4.74 Å². The molecular formula is C10H15N3O2. The molecule has 1 fully saturated rings. The zero-order valence-electron chi connectivity index (χ0n) is 8.85. The monoisotopic (exact) mass is 209 g/mol. The second-order valence-electron chi connectivity index (χ2n) is 3.80. The molecule has 0 saturated heterocycles. The number of rotatable bonds is 4. The van der Waals surface area contributed by atoms with Gasteiger partial charge in [0.15, 0.2) is 5.69 Å². The zero-order valence-corrected chi connectivity index (χ0v) is 8.85. The fraction of sp³-hybridized carbons (Fsp3) is 0.700. The summed E-state index contributed by atoms with van der Waals surface area (Å²) in [5, 5.41) is 8.13. The minimum absolute atomic E-state index is 0.302. The lowest BCUT2D eigenvalue weighted by atomic mass is 9.86. The van der Waals surface area contributed by atoms with E-state index in [2.05, 4.69) is 10.2 Å². The summed E-state index contributed by atoms with van der Waals surface area (Å²) in [6.45, 7) is 2.96. The number of carbonyl (C=O) groups is 1. The van der Waals surface area contributed by atoms with Crippen LogP contribution >= 0.6 is 0 Å². The summed E-state index contributed by atoms with van der Waals surface area (Å²) in [5.74, 6) is 0.296. The van der Waals surface area contributed by atoms with Crippen molar-refractivity contribution in [3.8, 4) is 0 Å². The first-order valence-electron chi connectivity index (χ1n) is 5.37. The molecule has 2 rings (SSSR count). The first-order valence-corrected chi connectivity index (χ1v) is 5.37. The van der Waals surface area contributed by atoms with Crippen LogP contribution < -0.4 is 0 Å². The maximum absolute atomic E-state index is 11.3. The molecule has 0 amide bonds. The molecule has 5 heteroatoms. The summed E-state index contributed by atoms with van der Waals surface area (Å²) in [6.07, 6.45) is 5.26. The SMILES string of the molecule is CCOC(=O)c1cnn(CC2CCC2)n1. The molecular weight excluding hydrogens is 194 g/mol. The quantitative estimate of drug-likeness (QED) is 0.700. The van der Waals surface area contributed by atoms with Crippen LogP contribution in [-0.2, 0) is 11.3 Å². The molecule has 1 aliphatic carbocycles. The Morgan fingerprint density at radius 3 is 3.07 bits per heavy atom. The standard InChI is InChI=1S/C10H15N3O2/c1-2-15-10(14)9-6-11-13(12-9)7-8-4-3-5-8/h6,8H,2-5,7H2,1H3. The topological polar surface area (TPSA) is 57.0 Å². The van der Waals surface area contributed by atoms with Crippen LogP contribution in [-0.4, -0.2) is 27.6 Å². The lowest BCUT2D eigenvalue weighted by molar-refractivity contribution is 0.0518. The Hall–Kier alpha value is -1.39. The van der Waals surface area contributed by atoms with E-state index in [1.807, 2.05) is 0 Å². The molecule has 1 aromatic heterocycles. The molecule has 0 aromatic carbocycles. The Bertz CT molecular complexity index is 344. The van der Waals surface area contributed by atoms with E-state index in [1.165, 1.54) is 25.5 Å². The van der Waals surface area contributed by atoms with Crippen LogP contribution in [0.3, 0.4) is 0 Å². The lowest BCUT2D eigenvalue weighted by Crippen LogP contribution is -2.20. The van der Waals surface area contributed by atoms with Gasteiger partial charge in [-0.3, -0.25) is 0 Å². The fourth-order valence-electron chi connectivity index (χ4n) is 1.59. The molecule has 15 heavy (non-hydrogen) atoms. The molecule has 0 atom stereocenters. The molecule has 0 unspecified atom stereocenters. The predicted octanol–water partition coefficient (Wildman–Crippen LogP) is 1.25. The number of nitrogens with zero attached hydrogens (tertiary/aromatic N) is 3. The average Bonchev–Trinajstić information content (AvgIpc) is 2.60. The van der Waals surface area contributed by atoms with Crippen LogP contribution in [0.1, 0.15) is 36.7 Å². The van der Waals surface area contributed by atoms with Gasteiger partial charge in [-0.05, 0) is 25.7 Å². The molecule has 0 spiro atoms. The van der Waals surface area contributed by atoms with E-state index in [0.29, 0.717) is 18.2 Å². The number of hydrogen-bond acceptors (Lipinski definition) is 4. The van der Waals surface area contributed by atoms with E-state index in [1.54, 1.807) is 11.7 Å². The van der Waals surface area contributed by atoms with Crippen molar-refractivity contribution in [1.29, 1.82) is 0 Å². The Kier molecular flexibility index (Phi) is 2.99. The van der Waals surface area contributed by atoms with Crippen LogP contribution in [0, 0.1) is 5.92 Å². The van der Waals surface area contributed by atoms with Gasteiger partial charge in [-0.1, -0.05) is 6.42 Å². The smallest absolute Gasteiger partial charge is 0.360 e. The van der Waals surface area contributed by atoms with Crippen LogP contribution in [0.2, 0.25) is 0 Å². The van der Waals surface area contributed by atoms with Gasteiger partial charge in [0.2, 0.25) is 0 Å². The van der Waals surface area contributed by atoms with Gasteiger partial charge in [0.25, 0.3) is 0 Å². The van der Waals surface area contributed by atoms with Crippen molar-refractivity contribution in [2.45, 2.75) is 32.7 Å². The molecule has 1 heterocycles. The third kappa shape index (κ3) is 2.34. The first kappa shape index (κ1) is 10.1. The molecule has 1 aromatic rings. The van der Waals surface area contributed by atoms with E-state index in [4.69, 9.17) is 4.74 Å². The maximum atomic E-state index is 11.3. The average molecular weight is 209 g/mol. The van der Waals surface area contributed by atoms with Gasteiger partial charge in [-0.2, -0.15) is 9.90 Å². The Labute approximate surface area is 88.4 Å². The molecule has 0 N–H and O–H groups in total. The van der Waals surface area contributed by atoms with E-state index in [-0.39, 0.29) is 0 Å². The van der Waals surface area contributed by atoms with Gasteiger partial charge in [0, 0.05) is 0 Å². The number of esters is 1. The molecule has 1 aliphatic rings. The summed E-state index contributed by atoms with van der Waals surface area (Å²) in [5.41, 5.74) is 0.302. The Balaban J connectivity index is 1.93. The highest BCUT2D eigenvalue weighted by molar-refractivity contribution is 5.86. The van der Waals surface area contributed by atoms with E-state index in [0.717, 1.165) is 6.54 Å². The van der Waals surface area contributed by atoms with Gasteiger partial charge >= 0.3 is 5.97 Å². The lowest BCUT2D eigenvalue weighted by Gasteiger charge is -2.24. The van der Waals surface area contributed by atoms with E-state index >= 15 is 0 Å². The van der Waals surface area contributed by atoms with Gasteiger partial charge in [0.1, 0.15) is 0 Å². The predicted molar refractivity (Wildman–Crippen MR) is 53.3 cm³/mol. The molecule has 1 saturated carbocycles. The number of aromatic nitrogens is 3. The van der Waals surface area contributed by atoms with Crippen LogP contribution in [0.5, 0.6) is 0 Å². The number of ether oxygens (including phenoxy) is 1. The minimum Gasteiger partial charge on any atom is -0.461 e. The summed E-state index contributed by atoms with van der Waals surface area (Å²) in [7, 11) is 0. The first-order chi connectivity index (χ1) is 7.29. The van der Waals surface area contributed by atoms with Crippen molar-refractivity contribution in [3.05, 3.63) is 11.9 Å². The minimum atomic E-state index is -0.391. The van der Waals surface area contributed by atoms with Crippen LogP contribution in [0.25, 0.3) is 0 Å². The van der Waals surface area contributed by atoms with Gasteiger partial charge in [-0.15, -0.1) is 5.10 Å². The molecule has 82 valence electrons. The second-order valence-corrected chi connectivity index (χ2v) is 3.80. The normalized spacial score (nSPS) is 16.1. The maximum Gasteiger partial charge on any atom is 0.360 e. The van der Waals surface area contributed by atoms with Crippen molar-refractivity contribution in [2.24, 2.45) is 5.92 Å². The number of carbonyl (C=O) groups excluding carboxylic acids is 1. The third-order valence-electron chi connectivity index (χ3n) is 2.67. The summed E-state index contributed by atoms with van der Waals surface area (Å²) < 4.78 is 4.83. The van der Waals surface area contributed by atoms with Crippen molar-refractivity contribution in [1.82, 2.24) is 15.0 Å². The van der Waals surface area contributed by atoms with Crippen molar-refractivity contribution >= 4 is 5.97 Å². The highest BCUT2D eigenvalue weighted by Crippen LogP contribution is 2.27. The largest absolute Gasteiger partial charge is 0.461 e.